The number of carbonyl (C=O) groups excluding carboxylic acids is 3. The van der Waals surface area contributed by atoms with Crippen LogP contribution < -0.4 is 0 Å². The van der Waals surface area contributed by atoms with Crippen molar-refractivity contribution >= 4 is 48.6 Å². The zero-order chi connectivity index (χ0) is 20.8. The minimum atomic E-state index is -1.34. The van der Waals surface area contributed by atoms with E-state index >= 15 is 0 Å². The summed E-state index contributed by atoms with van der Waals surface area (Å²) in [6, 6.07) is 0.889. The number of esters is 3. The second-order valence-corrected chi connectivity index (χ2v) is 14.1. The highest BCUT2D eigenvalue weighted by Crippen LogP contribution is 2.30. The van der Waals surface area contributed by atoms with Crippen LogP contribution in [0.4, 0.5) is 0 Å². The molecule has 1 fully saturated rings. The second kappa shape index (κ2) is 10.7. The molecule has 10 heteroatoms. The van der Waals surface area contributed by atoms with E-state index in [2.05, 4.69) is 42.2 Å². The number of rotatable bonds is 8. The molecule has 0 aromatic carbocycles. The summed E-state index contributed by atoms with van der Waals surface area (Å²) in [6.07, 6.45) is -4.43. The van der Waals surface area contributed by atoms with E-state index in [1.54, 1.807) is 0 Å². The second-order valence-electron chi connectivity index (χ2n) is 7.60. The van der Waals surface area contributed by atoms with Gasteiger partial charge in [0.25, 0.3) is 0 Å². The molecule has 0 N–H and O–H groups in total. The van der Waals surface area contributed by atoms with Crippen LogP contribution in [-0.2, 0) is 38.1 Å². The van der Waals surface area contributed by atoms with Gasteiger partial charge in [0.05, 0.1) is 0 Å². The van der Waals surface area contributed by atoms with Crippen LogP contribution in [-0.4, -0.2) is 67.7 Å². The van der Waals surface area contributed by atoms with Crippen molar-refractivity contribution in [3.05, 3.63) is 0 Å². The summed E-state index contributed by atoms with van der Waals surface area (Å²) in [5, 5.41) is 0. The van der Waals surface area contributed by atoms with Gasteiger partial charge in [0, 0.05) is 39.9 Å². The lowest BCUT2D eigenvalue weighted by molar-refractivity contribution is -0.298. The van der Waals surface area contributed by atoms with Crippen LogP contribution in [0.15, 0.2) is 0 Å². The average Bonchev–Trinajstić information content (AvgIpc) is 2.49. The van der Waals surface area contributed by atoms with E-state index in [1.165, 1.54) is 20.8 Å². The molecule has 0 unspecified atom stereocenters. The topological polar surface area (TPSA) is 97.4 Å². The monoisotopic (exact) mass is 516 g/mol. The van der Waals surface area contributed by atoms with Gasteiger partial charge in [-0.25, -0.2) is 0 Å². The first-order chi connectivity index (χ1) is 12.4. The van der Waals surface area contributed by atoms with Gasteiger partial charge < -0.3 is 23.7 Å². The van der Waals surface area contributed by atoms with Gasteiger partial charge in [-0.15, -0.1) is 0 Å². The third-order valence-electron chi connectivity index (χ3n) is 3.78. The first-order valence-electron chi connectivity index (χ1n) is 8.79. The molecule has 8 nitrogen and oxygen atoms in total. The lowest BCUT2D eigenvalue weighted by atomic mass is 9.99. The van der Waals surface area contributed by atoms with Crippen molar-refractivity contribution in [2.24, 2.45) is 0 Å². The normalized spacial score (nSPS) is 28.3. The van der Waals surface area contributed by atoms with E-state index in [1.807, 2.05) is 0 Å². The Kier molecular flexibility index (Phi) is 9.65. The summed E-state index contributed by atoms with van der Waals surface area (Å²) < 4.78 is 28.3. The van der Waals surface area contributed by atoms with Crippen molar-refractivity contribution in [1.82, 2.24) is 0 Å². The standard InChI is InChI=1S/C17H29IO8Si/c1-10(19)23-14-13(9-18)26-17(22-7-8-27(4,5)6)16(25-12(3)21)15(14)24-11(2)20/h13-17H,7-9H2,1-6H3/t13-,14-,15+,16-,17-/m1/s1. The molecule has 0 saturated carbocycles. The van der Waals surface area contributed by atoms with Gasteiger partial charge >= 0.3 is 17.9 Å². The molecule has 1 aliphatic heterocycles. The highest BCUT2D eigenvalue weighted by atomic mass is 127. The molecule has 156 valence electrons. The van der Waals surface area contributed by atoms with Crippen molar-refractivity contribution in [1.29, 1.82) is 0 Å². The Morgan fingerprint density at radius 3 is 1.81 bits per heavy atom. The Balaban J connectivity index is 3.11. The zero-order valence-corrected chi connectivity index (χ0v) is 19.8. The highest BCUT2D eigenvalue weighted by molar-refractivity contribution is 14.1. The summed E-state index contributed by atoms with van der Waals surface area (Å²) in [4.78, 5) is 34.8. The first-order valence-corrected chi connectivity index (χ1v) is 14.0. The van der Waals surface area contributed by atoms with Crippen molar-refractivity contribution in [2.75, 3.05) is 11.0 Å². The van der Waals surface area contributed by atoms with Crippen molar-refractivity contribution < 1.29 is 38.1 Å². The maximum Gasteiger partial charge on any atom is 0.303 e. The van der Waals surface area contributed by atoms with Gasteiger partial charge in [0.1, 0.15) is 6.10 Å². The maximum absolute atomic E-state index is 11.6. The van der Waals surface area contributed by atoms with Crippen LogP contribution in [0.25, 0.3) is 0 Å². The largest absolute Gasteiger partial charge is 0.456 e. The number of halogens is 1. The third-order valence-corrected chi connectivity index (χ3v) is 6.36. The fraction of sp³-hybridized carbons (Fsp3) is 0.824. The molecule has 0 aromatic rings. The molecule has 1 saturated heterocycles. The Morgan fingerprint density at radius 2 is 1.37 bits per heavy atom. The smallest absolute Gasteiger partial charge is 0.303 e. The van der Waals surface area contributed by atoms with Crippen molar-refractivity contribution in [3.8, 4) is 0 Å². The summed E-state index contributed by atoms with van der Waals surface area (Å²) in [5.74, 6) is -1.70. The molecule has 0 aromatic heterocycles. The van der Waals surface area contributed by atoms with E-state index in [0.717, 1.165) is 6.04 Å². The fourth-order valence-electron chi connectivity index (χ4n) is 2.59. The average molecular weight is 516 g/mol. The molecule has 5 atom stereocenters. The summed E-state index contributed by atoms with van der Waals surface area (Å²) >= 11 is 2.09. The molecule has 27 heavy (non-hydrogen) atoms. The summed E-state index contributed by atoms with van der Waals surface area (Å²) in [6.45, 7) is 10.8. The van der Waals surface area contributed by atoms with E-state index in [4.69, 9.17) is 23.7 Å². The van der Waals surface area contributed by atoms with Gasteiger partial charge in [-0.2, -0.15) is 0 Å². The van der Waals surface area contributed by atoms with Crippen LogP contribution >= 0.6 is 22.6 Å². The minimum Gasteiger partial charge on any atom is -0.456 e. The van der Waals surface area contributed by atoms with E-state index in [-0.39, 0.29) is 0 Å². The number of alkyl halides is 1. The van der Waals surface area contributed by atoms with Crippen LogP contribution in [0.5, 0.6) is 0 Å². The van der Waals surface area contributed by atoms with E-state index in [9.17, 15) is 14.4 Å². The molecule has 0 spiro atoms. The molecule has 0 bridgehead atoms. The number of hydrogen-bond donors (Lipinski definition) is 0. The number of ether oxygens (including phenoxy) is 5. The molecule has 1 aliphatic rings. The summed E-state index contributed by atoms with van der Waals surface area (Å²) in [7, 11) is -1.34. The third kappa shape index (κ3) is 8.44. The Bertz CT molecular complexity index is 536. The predicted molar refractivity (Wildman–Crippen MR) is 108 cm³/mol. The molecule has 0 radical (unpaired) electrons. The Labute approximate surface area is 174 Å². The van der Waals surface area contributed by atoms with Gasteiger partial charge in [-0.3, -0.25) is 14.4 Å². The van der Waals surface area contributed by atoms with E-state index in [0.29, 0.717) is 11.0 Å². The molecular formula is C17H29IO8Si. The van der Waals surface area contributed by atoms with E-state index < -0.39 is 56.7 Å². The van der Waals surface area contributed by atoms with Crippen molar-refractivity contribution in [2.45, 2.75) is 77.2 Å². The Hall–Kier alpha value is -0.723. The number of hydrogen-bond acceptors (Lipinski definition) is 8. The van der Waals surface area contributed by atoms with Crippen LogP contribution in [0.1, 0.15) is 20.8 Å². The van der Waals surface area contributed by atoms with Crippen LogP contribution in [0, 0.1) is 0 Å². The van der Waals surface area contributed by atoms with Crippen LogP contribution in [0.3, 0.4) is 0 Å². The lowest BCUT2D eigenvalue weighted by Gasteiger charge is -2.44. The fourth-order valence-corrected chi connectivity index (χ4v) is 4.03. The molecule has 0 aliphatic carbocycles. The van der Waals surface area contributed by atoms with Crippen molar-refractivity contribution in [3.63, 3.8) is 0 Å². The zero-order valence-electron chi connectivity index (χ0n) is 16.7. The van der Waals surface area contributed by atoms with Gasteiger partial charge in [-0.1, -0.05) is 42.2 Å². The maximum atomic E-state index is 11.6. The highest BCUT2D eigenvalue weighted by Gasteiger charge is 2.52. The SMILES string of the molecule is CC(=O)O[C@@H]1[C@@H](OC(C)=O)[C@H](OCC[Si](C)(C)C)O[C@H](CI)[C@H]1OC(C)=O. The number of carbonyl (C=O) groups is 3. The molecular weight excluding hydrogens is 487 g/mol. The predicted octanol–water partition coefficient (Wildman–Crippen LogP) is 2.30. The summed E-state index contributed by atoms with van der Waals surface area (Å²) in [5.41, 5.74) is 0. The van der Waals surface area contributed by atoms with Gasteiger partial charge in [0.15, 0.2) is 24.6 Å². The van der Waals surface area contributed by atoms with Gasteiger partial charge in [-0.05, 0) is 6.04 Å². The van der Waals surface area contributed by atoms with Gasteiger partial charge in [0.2, 0.25) is 0 Å². The molecule has 1 heterocycles. The Morgan fingerprint density at radius 1 is 0.889 bits per heavy atom. The first kappa shape index (κ1) is 24.3. The quantitative estimate of drug-likeness (QED) is 0.160. The molecule has 0 amide bonds. The molecule has 1 rings (SSSR count). The lowest BCUT2D eigenvalue weighted by Crippen LogP contribution is -2.62. The minimum absolute atomic E-state index is 0.428. The van der Waals surface area contributed by atoms with Crippen LogP contribution in [0.2, 0.25) is 25.7 Å².